The second-order valence-electron chi connectivity index (χ2n) is 6.25. The fourth-order valence-corrected chi connectivity index (χ4v) is 3.75. The molecule has 20 heavy (non-hydrogen) atoms. The molecule has 0 bridgehead atoms. The van der Waals surface area contributed by atoms with Gasteiger partial charge in [-0.05, 0) is 36.5 Å². The van der Waals surface area contributed by atoms with Crippen LogP contribution in [0.2, 0.25) is 5.02 Å². The Bertz CT molecular complexity index is 612. The molecule has 0 amide bonds. The predicted molar refractivity (Wildman–Crippen MR) is 85.5 cm³/mol. The lowest BCUT2D eigenvalue weighted by molar-refractivity contribution is 0.184. The van der Waals surface area contributed by atoms with Crippen molar-refractivity contribution in [2.75, 3.05) is 0 Å². The van der Waals surface area contributed by atoms with E-state index in [4.69, 9.17) is 23.2 Å². The van der Waals surface area contributed by atoms with Crippen LogP contribution >= 0.6 is 23.2 Å². The third-order valence-electron chi connectivity index (χ3n) is 4.51. The molecule has 108 valence electrons. The summed E-state index contributed by atoms with van der Waals surface area (Å²) < 4.78 is 2.30. The first-order valence-electron chi connectivity index (χ1n) is 7.32. The van der Waals surface area contributed by atoms with Gasteiger partial charge in [-0.2, -0.15) is 0 Å². The van der Waals surface area contributed by atoms with Crippen LogP contribution < -0.4 is 0 Å². The molecule has 1 aliphatic rings. The van der Waals surface area contributed by atoms with Crippen molar-refractivity contribution in [1.82, 2.24) is 9.55 Å². The maximum atomic E-state index is 6.09. The van der Waals surface area contributed by atoms with Gasteiger partial charge in [0, 0.05) is 11.6 Å². The minimum atomic E-state index is 0.367. The molecular weight excluding hydrogens is 291 g/mol. The van der Waals surface area contributed by atoms with Crippen molar-refractivity contribution < 1.29 is 0 Å². The minimum Gasteiger partial charge on any atom is -0.326 e. The van der Waals surface area contributed by atoms with E-state index in [2.05, 4.69) is 22.5 Å². The summed E-state index contributed by atoms with van der Waals surface area (Å²) in [5.41, 5.74) is 2.47. The molecule has 1 aliphatic carbocycles. The van der Waals surface area contributed by atoms with E-state index in [9.17, 15) is 0 Å². The Morgan fingerprint density at radius 1 is 1.25 bits per heavy atom. The van der Waals surface area contributed by atoms with Gasteiger partial charge < -0.3 is 4.57 Å². The first-order valence-corrected chi connectivity index (χ1v) is 8.23. The van der Waals surface area contributed by atoms with Crippen LogP contribution in [0.4, 0.5) is 0 Å². The van der Waals surface area contributed by atoms with Crippen LogP contribution in [0.15, 0.2) is 18.2 Å². The number of fused-ring (bicyclic) bond motifs is 1. The molecule has 0 N–H and O–H groups in total. The number of hydrogen-bond donors (Lipinski definition) is 0. The van der Waals surface area contributed by atoms with Crippen molar-refractivity contribution in [2.45, 2.75) is 51.5 Å². The maximum absolute atomic E-state index is 6.09. The topological polar surface area (TPSA) is 17.8 Å². The third kappa shape index (κ3) is 2.68. The summed E-state index contributed by atoms with van der Waals surface area (Å²) in [6, 6.07) is 5.92. The monoisotopic (exact) mass is 310 g/mol. The van der Waals surface area contributed by atoms with Gasteiger partial charge in [-0.1, -0.05) is 37.8 Å². The van der Waals surface area contributed by atoms with E-state index >= 15 is 0 Å². The van der Waals surface area contributed by atoms with Gasteiger partial charge in [0.1, 0.15) is 5.82 Å². The van der Waals surface area contributed by atoms with E-state index in [1.807, 2.05) is 12.1 Å². The van der Waals surface area contributed by atoms with E-state index in [1.165, 1.54) is 32.1 Å². The Balaban J connectivity index is 2.01. The van der Waals surface area contributed by atoms with E-state index in [-0.39, 0.29) is 0 Å². The molecule has 2 aromatic rings. The Morgan fingerprint density at radius 3 is 2.70 bits per heavy atom. The zero-order valence-corrected chi connectivity index (χ0v) is 13.3. The predicted octanol–water partition coefficient (Wildman–Crippen LogP) is 5.40. The van der Waals surface area contributed by atoms with Crippen molar-refractivity contribution >= 4 is 34.2 Å². The average Bonchev–Trinajstić information content (AvgIpc) is 2.76. The summed E-state index contributed by atoms with van der Waals surface area (Å²) in [5.74, 6) is 1.40. The molecule has 1 fully saturated rings. The molecule has 0 saturated heterocycles. The Hall–Kier alpha value is -0.730. The van der Waals surface area contributed by atoms with Gasteiger partial charge in [0.25, 0.3) is 0 Å². The van der Waals surface area contributed by atoms with Crippen molar-refractivity contribution in [3.8, 4) is 0 Å². The smallest absolute Gasteiger partial charge is 0.124 e. The maximum Gasteiger partial charge on any atom is 0.124 e. The number of rotatable bonds is 3. The molecule has 0 spiro atoms. The highest BCUT2D eigenvalue weighted by Gasteiger charge is 2.28. The first kappa shape index (κ1) is 14.2. The van der Waals surface area contributed by atoms with Crippen molar-refractivity contribution in [2.24, 2.45) is 5.41 Å². The van der Waals surface area contributed by atoms with Crippen LogP contribution in [-0.2, 0) is 12.4 Å². The number of benzene rings is 1. The Labute approximate surface area is 130 Å². The number of halogens is 2. The molecule has 0 aliphatic heterocycles. The molecule has 0 unspecified atom stereocenters. The van der Waals surface area contributed by atoms with Crippen LogP contribution in [-0.4, -0.2) is 9.55 Å². The number of aromatic nitrogens is 2. The summed E-state index contributed by atoms with van der Waals surface area (Å²) in [4.78, 5) is 4.64. The summed E-state index contributed by atoms with van der Waals surface area (Å²) in [6.45, 7) is 3.40. The second-order valence-corrected chi connectivity index (χ2v) is 6.96. The van der Waals surface area contributed by atoms with Gasteiger partial charge in [0.2, 0.25) is 0 Å². The van der Waals surface area contributed by atoms with E-state index in [1.54, 1.807) is 0 Å². The standard InChI is InChI=1S/C16H20Cl2N2/c1-16(7-3-2-4-8-16)11-20-14-6-5-12(18)9-13(14)19-15(20)10-17/h5-6,9H,2-4,7-8,10-11H2,1H3. The molecule has 1 aromatic heterocycles. The van der Waals surface area contributed by atoms with Gasteiger partial charge in [-0.25, -0.2) is 4.98 Å². The lowest BCUT2D eigenvalue weighted by Gasteiger charge is -2.34. The lowest BCUT2D eigenvalue weighted by Crippen LogP contribution is -2.26. The van der Waals surface area contributed by atoms with Gasteiger partial charge in [0.15, 0.2) is 0 Å². The first-order chi connectivity index (χ1) is 9.61. The van der Waals surface area contributed by atoms with E-state index in [0.717, 1.165) is 28.4 Å². The number of hydrogen-bond acceptors (Lipinski definition) is 1. The van der Waals surface area contributed by atoms with Crippen LogP contribution in [0.1, 0.15) is 44.9 Å². The molecule has 1 saturated carbocycles. The molecule has 0 radical (unpaired) electrons. The van der Waals surface area contributed by atoms with Crippen molar-refractivity contribution in [1.29, 1.82) is 0 Å². The van der Waals surface area contributed by atoms with Crippen LogP contribution in [0, 0.1) is 5.41 Å². The zero-order chi connectivity index (χ0) is 14.2. The molecule has 0 atom stereocenters. The lowest BCUT2D eigenvalue weighted by atomic mass is 9.75. The molecule has 3 rings (SSSR count). The van der Waals surface area contributed by atoms with Gasteiger partial charge >= 0.3 is 0 Å². The number of nitrogens with zero attached hydrogens (tertiary/aromatic N) is 2. The summed E-state index contributed by atoms with van der Waals surface area (Å²) in [6.07, 6.45) is 6.64. The number of alkyl halides is 1. The Kier molecular flexibility index (Phi) is 3.96. The highest BCUT2D eigenvalue weighted by atomic mass is 35.5. The van der Waals surface area contributed by atoms with E-state index in [0.29, 0.717) is 11.3 Å². The van der Waals surface area contributed by atoms with Crippen LogP contribution in [0.5, 0.6) is 0 Å². The minimum absolute atomic E-state index is 0.367. The van der Waals surface area contributed by atoms with Crippen LogP contribution in [0.3, 0.4) is 0 Å². The second kappa shape index (κ2) is 5.57. The van der Waals surface area contributed by atoms with Crippen molar-refractivity contribution in [3.05, 3.63) is 29.0 Å². The zero-order valence-electron chi connectivity index (χ0n) is 11.8. The normalized spacial score (nSPS) is 18.6. The molecule has 2 nitrogen and oxygen atoms in total. The average molecular weight is 311 g/mol. The van der Waals surface area contributed by atoms with Gasteiger partial charge in [-0.15, -0.1) is 11.6 Å². The third-order valence-corrected chi connectivity index (χ3v) is 4.98. The highest BCUT2D eigenvalue weighted by Crippen LogP contribution is 2.38. The summed E-state index contributed by atoms with van der Waals surface area (Å²) in [5, 5.41) is 0.729. The SMILES string of the molecule is CC1(Cn2c(CCl)nc3cc(Cl)ccc32)CCCCC1. The van der Waals surface area contributed by atoms with Gasteiger partial charge in [-0.3, -0.25) is 0 Å². The molecular formula is C16H20Cl2N2. The fourth-order valence-electron chi connectivity index (χ4n) is 3.38. The highest BCUT2D eigenvalue weighted by molar-refractivity contribution is 6.31. The summed E-state index contributed by atoms with van der Waals surface area (Å²) in [7, 11) is 0. The van der Waals surface area contributed by atoms with Gasteiger partial charge in [0.05, 0.1) is 16.9 Å². The molecule has 1 heterocycles. The largest absolute Gasteiger partial charge is 0.326 e. The van der Waals surface area contributed by atoms with Crippen molar-refractivity contribution in [3.63, 3.8) is 0 Å². The molecule has 4 heteroatoms. The number of imidazole rings is 1. The van der Waals surface area contributed by atoms with E-state index < -0.39 is 0 Å². The van der Waals surface area contributed by atoms with Crippen LogP contribution in [0.25, 0.3) is 11.0 Å². The Morgan fingerprint density at radius 2 is 2.00 bits per heavy atom. The quantitative estimate of drug-likeness (QED) is 0.694. The summed E-state index contributed by atoms with van der Waals surface area (Å²) >= 11 is 12.2. The molecule has 1 aromatic carbocycles. The fraction of sp³-hybridized carbons (Fsp3) is 0.562.